The maximum absolute atomic E-state index is 3.83. The van der Waals surface area contributed by atoms with Crippen LogP contribution in [0, 0.1) is 0 Å². The Bertz CT molecular complexity index is 2590. The fraction of sp³-hybridized carbons (Fsp3) is 0.133. The highest BCUT2D eigenvalue weighted by Gasteiger charge is 2.15. The normalized spacial score (nSPS) is 12.5. The molecule has 1 aliphatic rings. The smallest absolute Gasteiger partial charge is 0.0467 e. The molecular weight excluding hydrogens is 735 g/mol. The van der Waals surface area contributed by atoms with Gasteiger partial charge in [0, 0.05) is 17.1 Å². The molecule has 61 heavy (non-hydrogen) atoms. The Kier molecular flexibility index (Phi) is 14.8. The first-order valence-corrected chi connectivity index (χ1v) is 21.8. The topological polar surface area (TPSA) is 3.24 Å². The van der Waals surface area contributed by atoms with Gasteiger partial charge in [-0.2, -0.15) is 0 Å². The van der Waals surface area contributed by atoms with Crippen LogP contribution < -0.4 is 4.90 Å². The number of hydrogen-bond donors (Lipinski definition) is 0. The van der Waals surface area contributed by atoms with Crippen LogP contribution in [0.3, 0.4) is 0 Å². The predicted octanol–water partition coefficient (Wildman–Crippen LogP) is 17.6. The molecule has 0 heterocycles. The third kappa shape index (κ3) is 11.2. The van der Waals surface area contributed by atoms with Crippen molar-refractivity contribution in [2.24, 2.45) is 0 Å². The van der Waals surface area contributed by atoms with E-state index in [9.17, 15) is 0 Å². The molecule has 0 bridgehead atoms. The predicted molar refractivity (Wildman–Crippen MR) is 267 cm³/mol. The second-order valence-corrected chi connectivity index (χ2v) is 15.6. The summed E-state index contributed by atoms with van der Waals surface area (Å²) >= 11 is 0. The van der Waals surface area contributed by atoms with Crippen molar-refractivity contribution in [1.29, 1.82) is 0 Å². The van der Waals surface area contributed by atoms with Crippen LogP contribution in [0.25, 0.3) is 44.5 Å². The molecule has 0 unspecified atom stereocenters. The average Bonchev–Trinajstić information content (AvgIpc) is 3.33. The second-order valence-electron chi connectivity index (χ2n) is 15.6. The molecule has 0 radical (unpaired) electrons. The number of anilines is 3. The molecule has 0 aromatic heterocycles. The molecule has 0 spiro atoms. The quantitative estimate of drug-likeness (QED) is 0.105. The fourth-order valence-corrected chi connectivity index (χ4v) is 7.80. The molecule has 0 amide bonds. The summed E-state index contributed by atoms with van der Waals surface area (Å²) in [5.41, 5.74) is 18.3. The van der Waals surface area contributed by atoms with Gasteiger partial charge in [-0.15, -0.1) is 0 Å². The van der Waals surface area contributed by atoms with E-state index in [0.717, 1.165) is 54.7 Å². The van der Waals surface area contributed by atoms with E-state index >= 15 is 0 Å². The molecule has 8 rings (SSSR count). The minimum absolute atomic E-state index is 1.00. The van der Waals surface area contributed by atoms with Crippen LogP contribution in [-0.2, 0) is 0 Å². The van der Waals surface area contributed by atoms with Crippen LogP contribution in [0.5, 0.6) is 0 Å². The van der Waals surface area contributed by atoms with Crippen molar-refractivity contribution in [2.45, 2.75) is 52.9 Å². The van der Waals surface area contributed by atoms with Crippen molar-refractivity contribution in [3.05, 3.63) is 247 Å². The summed E-state index contributed by atoms with van der Waals surface area (Å²) in [6, 6.07) is 67.5. The summed E-state index contributed by atoms with van der Waals surface area (Å²) in [5, 5.41) is 0. The molecule has 0 N–H and O–H groups in total. The summed E-state index contributed by atoms with van der Waals surface area (Å²) in [4.78, 5) is 2.37. The monoisotopic (exact) mass is 791 g/mol. The van der Waals surface area contributed by atoms with E-state index in [4.69, 9.17) is 0 Å². The second kappa shape index (κ2) is 21.3. The highest BCUT2D eigenvalue weighted by Crippen LogP contribution is 2.39. The molecule has 302 valence electrons. The first kappa shape index (κ1) is 42.2. The van der Waals surface area contributed by atoms with Gasteiger partial charge in [0.05, 0.1) is 0 Å². The third-order valence-corrected chi connectivity index (χ3v) is 11.0. The third-order valence-electron chi connectivity index (χ3n) is 11.0. The summed E-state index contributed by atoms with van der Waals surface area (Å²) in [5.74, 6) is 0. The maximum Gasteiger partial charge on any atom is 0.0467 e. The number of allylic oxidation sites excluding steroid dienone is 9. The molecule has 0 atom stereocenters. The van der Waals surface area contributed by atoms with E-state index in [0.29, 0.717) is 0 Å². The Morgan fingerprint density at radius 3 is 1.62 bits per heavy atom. The van der Waals surface area contributed by atoms with Crippen LogP contribution in [-0.4, -0.2) is 0 Å². The molecule has 0 saturated carbocycles. The van der Waals surface area contributed by atoms with Crippen molar-refractivity contribution in [1.82, 2.24) is 0 Å². The standard InChI is InChI=1S/C51H47N.C9H10/c1-3-15-46(41-21-12-7-13-22-41)37-47(16-4-2)44-25-27-45(28-26-44)48-23-14-24-51(38-48)52(49-33-29-42(30-34-49)39-17-8-5-9-18-39)50-35-31-43(32-36-50)40-19-10-6-11-20-40;1-8(2)9-6-4-3-5-7-9/h5,7-10,12-15,17-38H,3-4,6,11,16H2,1-2H3;3-7H,1H2,2H3/b46-15-,47-37+;. The Balaban J connectivity index is 0.000000554. The minimum Gasteiger partial charge on any atom is -0.310 e. The largest absolute Gasteiger partial charge is 0.310 e. The molecule has 7 aromatic carbocycles. The van der Waals surface area contributed by atoms with Gasteiger partial charge in [-0.05, 0) is 130 Å². The van der Waals surface area contributed by atoms with Gasteiger partial charge >= 0.3 is 0 Å². The van der Waals surface area contributed by atoms with Crippen molar-refractivity contribution in [2.75, 3.05) is 4.90 Å². The average molecular weight is 792 g/mol. The van der Waals surface area contributed by atoms with E-state index in [1.54, 1.807) is 0 Å². The van der Waals surface area contributed by atoms with Crippen molar-refractivity contribution in [3.8, 4) is 22.3 Å². The van der Waals surface area contributed by atoms with E-state index in [-0.39, 0.29) is 0 Å². The zero-order valence-corrected chi connectivity index (χ0v) is 36.0. The van der Waals surface area contributed by atoms with Crippen LogP contribution in [0.1, 0.15) is 75.1 Å². The van der Waals surface area contributed by atoms with Gasteiger partial charge in [-0.1, -0.05) is 214 Å². The number of hydrogen-bond acceptors (Lipinski definition) is 1. The van der Waals surface area contributed by atoms with E-state index in [2.05, 4.69) is 226 Å². The Morgan fingerprint density at radius 2 is 1.07 bits per heavy atom. The Labute approximate surface area is 365 Å². The highest BCUT2D eigenvalue weighted by molar-refractivity contribution is 5.86. The Hall–Kier alpha value is -6.96. The summed E-state index contributed by atoms with van der Waals surface area (Å²) in [6.07, 6.45) is 17.0. The van der Waals surface area contributed by atoms with E-state index in [1.165, 1.54) is 61.2 Å². The van der Waals surface area contributed by atoms with Crippen LogP contribution in [0.2, 0.25) is 0 Å². The molecule has 1 heteroatoms. The summed E-state index contributed by atoms with van der Waals surface area (Å²) < 4.78 is 0. The molecule has 0 aliphatic heterocycles. The van der Waals surface area contributed by atoms with Gasteiger partial charge in [-0.25, -0.2) is 0 Å². The number of rotatable bonds is 13. The zero-order chi connectivity index (χ0) is 42.2. The molecule has 7 aromatic rings. The van der Waals surface area contributed by atoms with Crippen molar-refractivity contribution in [3.63, 3.8) is 0 Å². The number of benzene rings is 7. The SMILES string of the molecule is C=C(C)c1ccccc1.CC/C=C(/C=C(\CCC)c1ccc(-c2cccc(N(c3ccc(C4=CCCC=C4)cc3)c3ccc(-c4ccccc4)cc3)c2)cc1)c1ccccc1. The van der Waals surface area contributed by atoms with Gasteiger partial charge < -0.3 is 4.90 Å². The fourth-order valence-electron chi connectivity index (χ4n) is 7.80. The summed E-state index contributed by atoms with van der Waals surface area (Å²) in [6.45, 7) is 10.3. The Morgan fingerprint density at radius 1 is 0.525 bits per heavy atom. The number of nitrogens with zero attached hydrogens (tertiary/aromatic N) is 1. The van der Waals surface area contributed by atoms with E-state index in [1.807, 2.05) is 25.1 Å². The van der Waals surface area contributed by atoms with Crippen molar-refractivity contribution < 1.29 is 0 Å². The first-order valence-electron chi connectivity index (χ1n) is 21.8. The maximum atomic E-state index is 3.83. The highest BCUT2D eigenvalue weighted by atomic mass is 15.1. The van der Waals surface area contributed by atoms with Crippen LogP contribution in [0.15, 0.2) is 225 Å². The van der Waals surface area contributed by atoms with Gasteiger partial charge in [0.1, 0.15) is 0 Å². The van der Waals surface area contributed by atoms with Crippen molar-refractivity contribution >= 4 is 39.4 Å². The lowest BCUT2D eigenvalue weighted by Crippen LogP contribution is -2.10. The van der Waals surface area contributed by atoms with Gasteiger partial charge in [0.2, 0.25) is 0 Å². The van der Waals surface area contributed by atoms with Gasteiger partial charge in [0.15, 0.2) is 0 Å². The van der Waals surface area contributed by atoms with Gasteiger partial charge in [-0.3, -0.25) is 0 Å². The van der Waals surface area contributed by atoms with Crippen LogP contribution >= 0.6 is 0 Å². The zero-order valence-electron chi connectivity index (χ0n) is 36.0. The lowest BCUT2D eigenvalue weighted by molar-refractivity contribution is 0.973. The van der Waals surface area contributed by atoms with Gasteiger partial charge in [0.25, 0.3) is 0 Å². The van der Waals surface area contributed by atoms with Crippen LogP contribution in [0.4, 0.5) is 17.1 Å². The molecule has 0 saturated heterocycles. The minimum atomic E-state index is 1.00. The molecule has 1 aliphatic carbocycles. The summed E-state index contributed by atoms with van der Waals surface area (Å²) in [7, 11) is 0. The molecule has 0 fully saturated rings. The first-order chi connectivity index (χ1) is 30.0. The molecular formula is C60H57N. The molecule has 1 nitrogen and oxygen atoms in total. The van der Waals surface area contributed by atoms with E-state index < -0.39 is 0 Å². The lowest BCUT2D eigenvalue weighted by atomic mass is 9.94. The lowest BCUT2D eigenvalue weighted by Gasteiger charge is -2.26.